The van der Waals surface area contributed by atoms with Crippen LogP contribution < -0.4 is 4.74 Å². The lowest BCUT2D eigenvalue weighted by molar-refractivity contribution is -0.130. The molecule has 2 heterocycles. The first-order chi connectivity index (χ1) is 12.0. The predicted molar refractivity (Wildman–Crippen MR) is 101 cm³/mol. The second kappa shape index (κ2) is 8.32. The molecule has 7 heteroatoms. The van der Waals surface area contributed by atoms with Crippen LogP contribution in [0.15, 0.2) is 18.2 Å². The minimum Gasteiger partial charge on any atom is -0.489 e. The third kappa shape index (κ3) is 4.61. The number of hydrogen-bond acceptors (Lipinski definition) is 4. The van der Waals surface area contributed by atoms with Gasteiger partial charge in [-0.25, -0.2) is 0 Å². The lowest BCUT2D eigenvalue weighted by Crippen LogP contribution is -2.41. The zero-order valence-corrected chi connectivity index (χ0v) is 15.9. The van der Waals surface area contributed by atoms with E-state index in [-0.39, 0.29) is 17.9 Å². The Balaban J connectivity index is 1.71. The van der Waals surface area contributed by atoms with Gasteiger partial charge in [-0.3, -0.25) is 9.59 Å². The molecule has 1 aromatic rings. The fraction of sp³-hybridized carbons (Fsp3) is 0.556. The third-order valence-corrected chi connectivity index (χ3v) is 5.83. The number of halogens is 1. The molecule has 25 heavy (non-hydrogen) atoms. The molecular formula is C18H23ClN2O3S. The van der Waals surface area contributed by atoms with Crippen LogP contribution in [0.5, 0.6) is 5.75 Å². The number of carbonyl (C=O) groups is 2. The zero-order valence-electron chi connectivity index (χ0n) is 14.4. The minimum atomic E-state index is -0.0148. The topological polar surface area (TPSA) is 49.9 Å². The van der Waals surface area contributed by atoms with Crippen molar-refractivity contribution >= 4 is 35.2 Å². The van der Waals surface area contributed by atoms with Gasteiger partial charge in [-0.05, 0) is 18.2 Å². The van der Waals surface area contributed by atoms with E-state index in [1.165, 1.54) is 0 Å². The predicted octanol–water partition coefficient (Wildman–Crippen LogP) is 2.92. The molecule has 5 nitrogen and oxygen atoms in total. The van der Waals surface area contributed by atoms with Gasteiger partial charge in [0.1, 0.15) is 11.9 Å². The van der Waals surface area contributed by atoms with Crippen LogP contribution in [0.3, 0.4) is 0 Å². The van der Waals surface area contributed by atoms with Gasteiger partial charge < -0.3 is 14.5 Å². The average Bonchev–Trinajstić information content (AvgIpc) is 2.64. The summed E-state index contributed by atoms with van der Waals surface area (Å²) in [5, 5.41) is 0.536. The summed E-state index contributed by atoms with van der Waals surface area (Å²) in [5.41, 5.74) is 0.536. The van der Waals surface area contributed by atoms with Crippen LogP contribution in [-0.2, 0) is 4.79 Å². The lowest BCUT2D eigenvalue weighted by atomic mass is 10.1. The Bertz CT molecular complexity index is 641. The summed E-state index contributed by atoms with van der Waals surface area (Å²) in [6.07, 6.45) is 1.56. The van der Waals surface area contributed by atoms with E-state index < -0.39 is 0 Å². The van der Waals surface area contributed by atoms with Gasteiger partial charge in [-0.1, -0.05) is 11.6 Å². The first kappa shape index (κ1) is 18.4. The number of thioether (sulfide) groups is 1. The average molecular weight is 383 g/mol. The summed E-state index contributed by atoms with van der Waals surface area (Å²) in [6, 6.07) is 5.24. The second-order valence-electron chi connectivity index (χ2n) is 6.37. The Morgan fingerprint density at radius 2 is 1.80 bits per heavy atom. The van der Waals surface area contributed by atoms with Gasteiger partial charge in [-0.2, -0.15) is 11.8 Å². The molecule has 2 aliphatic heterocycles. The number of hydrogen-bond donors (Lipinski definition) is 0. The van der Waals surface area contributed by atoms with Crippen molar-refractivity contribution in [3.05, 3.63) is 28.8 Å². The largest absolute Gasteiger partial charge is 0.489 e. The fourth-order valence-electron chi connectivity index (χ4n) is 3.18. The molecule has 0 radical (unpaired) electrons. The van der Waals surface area contributed by atoms with E-state index >= 15 is 0 Å². The highest BCUT2D eigenvalue weighted by Gasteiger charge is 2.26. The maximum Gasteiger partial charge on any atom is 0.257 e. The normalized spacial score (nSPS) is 19.0. The van der Waals surface area contributed by atoms with E-state index in [2.05, 4.69) is 0 Å². The Kier molecular flexibility index (Phi) is 6.12. The monoisotopic (exact) mass is 382 g/mol. The summed E-state index contributed by atoms with van der Waals surface area (Å²) < 4.78 is 6.13. The molecule has 2 saturated heterocycles. The van der Waals surface area contributed by atoms with Gasteiger partial charge in [0.05, 0.1) is 5.56 Å². The molecule has 3 rings (SSSR count). The van der Waals surface area contributed by atoms with E-state index in [1.807, 2.05) is 21.6 Å². The van der Waals surface area contributed by atoms with Gasteiger partial charge in [0.2, 0.25) is 5.91 Å². The number of rotatable bonds is 3. The molecule has 0 N–H and O–H groups in total. The van der Waals surface area contributed by atoms with E-state index in [0.29, 0.717) is 29.4 Å². The van der Waals surface area contributed by atoms with Crippen LogP contribution >= 0.6 is 23.4 Å². The molecule has 0 spiro atoms. The first-order valence-electron chi connectivity index (χ1n) is 8.63. The van der Waals surface area contributed by atoms with E-state index in [4.69, 9.17) is 16.3 Å². The van der Waals surface area contributed by atoms with Crippen molar-refractivity contribution in [2.45, 2.75) is 25.9 Å². The number of nitrogens with zero attached hydrogens (tertiary/aromatic N) is 2. The van der Waals surface area contributed by atoms with Crippen molar-refractivity contribution in [3.63, 3.8) is 0 Å². The van der Waals surface area contributed by atoms with Crippen LogP contribution in [0.4, 0.5) is 0 Å². The lowest BCUT2D eigenvalue weighted by Gasteiger charge is -2.32. The molecule has 0 aliphatic carbocycles. The van der Waals surface area contributed by atoms with Gasteiger partial charge in [0, 0.05) is 62.5 Å². The summed E-state index contributed by atoms with van der Waals surface area (Å²) in [6.45, 7) is 4.49. The van der Waals surface area contributed by atoms with Crippen molar-refractivity contribution < 1.29 is 14.3 Å². The summed E-state index contributed by atoms with van der Waals surface area (Å²) >= 11 is 7.99. The summed E-state index contributed by atoms with van der Waals surface area (Å²) in [7, 11) is 0. The maximum absolute atomic E-state index is 12.9. The fourth-order valence-corrected chi connectivity index (χ4v) is 4.25. The number of benzene rings is 1. The highest BCUT2D eigenvalue weighted by molar-refractivity contribution is 7.99. The minimum absolute atomic E-state index is 0.0141. The van der Waals surface area contributed by atoms with Crippen LogP contribution in [-0.4, -0.2) is 65.4 Å². The van der Waals surface area contributed by atoms with Gasteiger partial charge >= 0.3 is 0 Å². The number of likely N-dealkylation sites (tertiary alicyclic amines) is 1. The Morgan fingerprint density at radius 1 is 1.12 bits per heavy atom. The van der Waals surface area contributed by atoms with Crippen LogP contribution in [0.2, 0.25) is 5.02 Å². The number of piperidine rings is 1. The molecular weight excluding hydrogens is 360 g/mol. The van der Waals surface area contributed by atoms with E-state index in [9.17, 15) is 9.59 Å². The van der Waals surface area contributed by atoms with E-state index in [0.717, 1.165) is 37.4 Å². The number of ether oxygens (including phenoxy) is 1. The first-order valence-corrected chi connectivity index (χ1v) is 10.2. The third-order valence-electron chi connectivity index (χ3n) is 4.65. The van der Waals surface area contributed by atoms with Crippen molar-refractivity contribution in [2.75, 3.05) is 37.7 Å². The molecule has 0 unspecified atom stereocenters. The van der Waals surface area contributed by atoms with E-state index in [1.54, 1.807) is 25.1 Å². The molecule has 136 valence electrons. The van der Waals surface area contributed by atoms with Gasteiger partial charge in [-0.15, -0.1) is 0 Å². The highest BCUT2D eigenvalue weighted by atomic mass is 35.5. The standard InChI is InChI=1S/C18H23ClN2O3S/c1-13(22)20-6-4-15(5-7-20)24-17-3-2-14(19)12-16(17)18(23)21-8-10-25-11-9-21/h2-3,12,15H,4-11H2,1H3. The summed E-state index contributed by atoms with van der Waals surface area (Å²) in [5.74, 6) is 2.61. The van der Waals surface area contributed by atoms with Gasteiger partial charge in [0.25, 0.3) is 5.91 Å². The summed E-state index contributed by atoms with van der Waals surface area (Å²) in [4.78, 5) is 28.0. The Morgan fingerprint density at radius 3 is 2.44 bits per heavy atom. The molecule has 2 fully saturated rings. The number of amides is 2. The smallest absolute Gasteiger partial charge is 0.257 e. The maximum atomic E-state index is 12.9. The van der Waals surface area contributed by atoms with Crippen LogP contribution in [0.1, 0.15) is 30.1 Å². The number of carbonyl (C=O) groups excluding carboxylic acids is 2. The molecule has 0 aromatic heterocycles. The highest BCUT2D eigenvalue weighted by Crippen LogP contribution is 2.28. The van der Waals surface area contributed by atoms with Crippen molar-refractivity contribution in [1.29, 1.82) is 0 Å². The molecule has 0 saturated carbocycles. The Labute approximate surface area is 157 Å². The van der Waals surface area contributed by atoms with Crippen molar-refractivity contribution in [1.82, 2.24) is 9.80 Å². The molecule has 2 aliphatic rings. The van der Waals surface area contributed by atoms with Gasteiger partial charge in [0.15, 0.2) is 0 Å². The van der Waals surface area contributed by atoms with Crippen molar-refractivity contribution in [3.8, 4) is 5.75 Å². The molecule has 1 aromatic carbocycles. The van der Waals surface area contributed by atoms with Crippen LogP contribution in [0, 0.1) is 0 Å². The quantitative estimate of drug-likeness (QED) is 0.806. The Hall–Kier alpha value is -1.40. The molecule has 0 atom stereocenters. The zero-order chi connectivity index (χ0) is 17.8. The molecule has 2 amide bonds. The van der Waals surface area contributed by atoms with Crippen LogP contribution in [0.25, 0.3) is 0 Å². The second-order valence-corrected chi connectivity index (χ2v) is 8.03. The molecule has 0 bridgehead atoms. The van der Waals surface area contributed by atoms with Crippen molar-refractivity contribution in [2.24, 2.45) is 0 Å². The SMILES string of the molecule is CC(=O)N1CCC(Oc2ccc(Cl)cc2C(=O)N2CCSCC2)CC1.